The molecule has 3 nitrogen and oxygen atoms in total. The van der Waals surface area contributed by atoms with Crippen LogP contribution in [0.2, 0.25) is 0 Å². The maximum atomic E-state index is 5.89. The van der Waals surface area contributed by atoms with Gasteiger partial charge in [0.05, 0.1) is 19.3 Å². The van der Waals surface area contributed by atoms with E-state index in [1.165, 1.54) is 5.69 Å². The van der Waals surface area contributed by atoms with Gasteiger partial charge < -0.3 is 9.64 Å². The van der Waals surface area contributed by atoms with Gasteiger partial charge in [0.15, 0.2) is 0 Å². The number of halogens is 1. The second kappa shape index (κ2) is 4.62. The minimum Gasteiger partial charge on any atom is -0.377 e. The molecule has 0 bridgehead atoms. The fourth-order valence-electron chi connectivity index (χ4n) is 1.66. The second-order valence-electron chi connectivity index (χ2n) is 3.28. The number of hydrogen-bond donors (Lipinski definition) is 0. The molecule has 0 saturated carbocycles. The third-order valence-electron chi connectivity index (χ3n) is 2.40. The Morgan fingerprint density at radius 3 is 3.00 bits per heavy atom. The molecule has 0 aliphatic carbocycles. The Balaban J connectivity index is 2.15. The van der Waals surface area contributed by atoms with E-state index in [0.29, 0.717) is 12.5 Å². The van der Waals surface area contributed by atoms with Gasteiger partial charge in [0.1, 0.15) is 0 Å². The standard InChI is InChI=1S/C10H13ClN2O/c11-7-10-8-14-6-5-13(10)9-1-3-12-4-2-9/h1-4,10H,5-8H2. The van der Waals surface area contributed by atoms with Gasteiger partial charge in [0.2, 0.25) is 0 Å². The van der Waals surface area contributed by atoms with Crippen LogP contribution in [0.15, 0.2) is 24.5 Å². The van der Waals surface area contributed by atoms with Crippen molar-refractivity contribution in [2.45, 2.75) is 6.04 Å². The van der Waals surface area contributed by atoms with Gasteiger partial charge >= 0.3 is 0 Å². The molecule has 1 aliphatic rings. The number of rotatable bonds is 2. The second-order valence-corrected chi connectivity index (χ2v) is 3.59. The lowest BCUT2D eigenvalue weighted by molar-refractivity contribution is 0.0998. The van der Waals surface area contributed by atoms with E-state index in [9.17, 15) is 0 Å². The Kier molecular flexibility index (Phi) is 3.22. The summed E-state index contributed by atoms with van der Waals surface area (Å²) in [7, 11) is 0. The van der Waals surface area contributed by atoms with Crippen LogP contribution in [-0.2, 0) is 4.74 Å². The van der Waals surface area contributed by atoms with Crippen LogP contribution in [0.5, 0.6) is 0 Å². The van der Waals surface area contributed by atoms with Crippen LogP contribution in [0.4, 0.5) is 5.69 Å². The molecule has 2 rings (SSSR count). The molecule has 1 saturated heterocycles. The van der Waals surface area contributed by atoms with Crippen molar-refractivity contribution >= 4 is 17.3 Å². The number of alkyl halides is 1. The molecule has 0 N–H and O–H groups in total. The van der Waals surface area contributed by atoms with Crippen LogP contribution in [-0.4, -0.2) is 36.7 Å². The summed E-state index contributed by atoms with van der Waals surface area (Å²) < 4.78 is 5.38. The monoisotopic (exact) mass is 212 g/mol. The third-order valence-corrected chi connectivity index (χ3v) is 2.76. The highest BCUT2D eigenvalue weighted by Crippen LogP contribution is 2.18. The van der Waals surface area contributed by atoms with Crippen molar-refractivity contribution in [1.29, 1.82) is 0 Å². The van der Waals surface area contributed by atoms with Gasteiger partial charge in [-0.05, 0) is 12.1 Å². The summed E-state index contributed by atoms with van der Waals surface area (Å²) in [4.78, 5) is 6.28. The lowest BCUT2D eigenvalue weighted by Crippen LogP contribution is -2.46. The third kappa shape index (κ3) is 1.99. The molecule has 1 atom stereocenters. The van der Waals surface area contributed by atoms with Crippen LogP contribution in [0.1, 0.15) is 0 Å². The highest BCUT2D eigenvalue weighted by molar-refractivity contribution is 6.18. The summed E-state index contributed by atoms with van der Waals surface area (Å²) in [6.07, 6.45) is 3.60. The first-order valence-corrected chi connectivity index (χ1v) is 5.25. The first-order valence-electron chi connectivity index (χ1n) is 4.72. The predicted molar refractivity (Wildman–Crippen MR) is 56.9 cm³/mol. The van der Waals surface area contributed by atoms with E-state index in [-0.39, 0.29) is 6.04 Å². The van der Waals surface area contributed by atoms with Crippen molar-refractivity contribution in [3.63, 3.8) is 0 Å². The molecular formula is C10H13ClN2O. The largest absolute Gasteiger partial charge is 0.377 e. The Bertz CT molecular complexity index is 281. The van der Waals surface area contributed by atoms with E-state index in [1.54, 1.807) is 12.4 Å². The van der Waals surface area contributed by atoms with Gasteiger partial charge in [-0.2, -0.15) is 0 Å². The molecule has 1 aliphatic heterocycles. The van der Waals surface area contributed by atoms with Crippen molar-refractivity contribution in [3.8, 4) is 0 Å². The highest BCUT2D eigenvalue weighted by atomic mass is 35.5. The molecule has 0 radical (unpaired) electrons. The van der Waals surface area contributed by atoms with E-state index < -0.39 is 0 Å². The van der Waals surface area contributed by atoms with E-state index in [0.717, 1.165) is 13.2 Å². The smallest absolute Gasteiger partial charge is 0.0682 e. The van der Waals surface area contributed by atoms with Gasteiger partial charge in [-0.1, -0.05) is 0 Å². The number of pyridine rings is 1. The molecule has 0 spiro atoms. The molecule has 0 aromatic carbocycles. The number of anilines is 1. The summed E-state index contributed by atoms with van der Waals surface area (Å²) in [6.45, 7) is 2.39. The summed E-state index contributed by atoms with van der Waals surface area (Å²) >= 11 is 5.89. The average Bonchev–Trinajstić information content (AvgIpc) is 2.30. The SMILES string of the molecule is ClCC1COCCN1c1ccncc1. The molecule has 1 fully saturated rings. The lowest BCUT2D eigenvalue weighted by atomic mass is 10.2. The van der Waals surface area contributed by atoms with E-state index in [4.69, 9.17) is 16.3 Å². The molecule has 1 unspecified atom stereocenters. The van der Waals surface area contributed by atoms with Gasteiger partial charge in [0.25, 0.3) is 0 Å². The Labute approximate surface area is 88.6 Å². The molecule has 76 valence electrons. The quantitative estimate of drug-likeness (QED) is 0.696. The van der Waals surface area contributed by atoms with Crippen LogP contribution in [0.3, 0.4) is 0 Å². The maximum Gasteiger partial charge on any atom is 0.0682 e. The van der Waals surface area contributed by atoms with Crippen molar-refractivity contribution < 1.29 is 4.74 Å². The Morgan fingerprint density at radius 2 is 2.29 bits per heavy atom. The first-order chi connectivity index (χ1) is 6.92. The lowest BCUT2D eigenvalue weighted by Gasteiger charge is -2.36. The highest BCUT2D eigenvalue weighted by Gasteiger charge is 2.21. The summed E-state index contributed by atoms with van der Waals surface area (Å²) in [5.41, 5.74) is 1.17. The molecule has 1 aromatic heterocycles. The predicted octanol–water partition coefficient (Wildman–Crippen LogP) is 1.53. The van der Waals surface area contributed by atoms with Crippen LogP contribution in [0.25, 0.3) is 0 Å². The van der Waals surface area contributed by atoms with Crippen molar-refractivity contribution in [2.24, 2.45) is 0 Å². The first kappa shape index (κ1) is 9.74. The molecule has 2 heterocycles. The summed E-state index contributed by atoms with van der Waals surface area (Å²) in [5, 5.41) is 0. The van der Waals surface area contributed by atoms with Crippen molar-refractivity contribution in [2.75, 3.05) is 30.5 Å². The van der Waals surface area contributed by atoms with Gasteiger partial charge in [-0.25, -0.2) is 0 Å². The van der Waals surface area contributed by atoms with Gasteiger partial charge in [-0.3, -0.25) is 4.98 Å². The van der Waals surface area contributed by atoms with Crippen molar-refractivity contribution in [1.82, 2.24) is 4.98 Å². The maximum absolute atomic E-state index is 5.89. The Hall–Kier alpha value is -0.800. The van der Waals surface area contributed by atoms with Crippen LogP contribution >= 0.6 is 11.6 Å². The molecule has 0 amide bonds. The van der Waals surface area contributed by atoms with E-state index in [1.807, 2.05) is 12.1 Å². The molecule has 14 heavy (non-hydrogen) atoms. The van der Waals surface area contributed by atoms with E-state index >= 15 is 0 Å². The van der Waals surface area contributed by atoms with Crippen molar-refractivity contribution in [3.05, 3.63) is 24.5 Å². The number of ether oxygens (including phenoxy) is 1. The van der Waals surface area contributed by atoms with Crippen LogP contribution in [0, 0.1) is 0 Å². The zero-order chi connectivity index (χ0) is 9.80. The van der Waals surface area contributed by atoms with Crippen LogP contribution < -0.4 is 4.90 Å². The zero-order valence-electron chi connectivity index (χ0n) is 7.90. The number of aromatic nitrogens is 1. The number of nitrogens with zero attached hydrogens (tertiary/aromatic N) is 2. The zero-order valence-corrected chi connectivity index (χ0v) is 8.65. The molecule has 4 heteroatoms. The summed E-state index contributed by atoms with van der Waals surface area (Å²) in [6, 6.07) is 4.29. The minimum atomic E-state index is 0.285. The fraction of sp³-hybridized carbons (Fsp3) is 0.500. The topological polar surface area (TPSA) is 25.4 Å². The Morgan fingerprint density at radius 1 is 1.50 bits per heavy atom. The normalized spacial score (nSPS) is 22.4. The van der Waals surface area contributed by atoms with E-state index in [2.05, 4.69) is 9.88 Å². The minimum absolute atomic E-state index is 0.285. The average molecular weight is 213 g/mol. The molecular weight excluding hydrogens is 200 g/mol. The van der Waals surface area contributed by atoms with Gasteiger partial charge in [0, 0.05) is 30.5 Å². The molecule has 1 aromatic rings. The fourth-order valence-corrected chi connectivity index (χ4v) is 1.91. The van der Waals surface area contributed by atoms with Gasteiger partial charge in [-0.15, -0.1) is 11.6 Å². The number of morpholine rings is 1. The summed E-state index contributed by atoms with van der Waals surface area (Å²) in [5.74, 6) is 0.600. The number of hydrogen-bond acceptors (Lipinski definition) is 3.